The largest absolute Gasteiger partial charge is 0.355 e. The van der Waals surface area contributed by atoms with Crippen molar-refractivity contribution in [1.82, 2.24) is 15.5 Å². The van der Waals surface area contributed by atoms with Crippen LogP contribution in [0.5, 0.6) is 0 Å². The molecule has 0 aromatic carbocycles. The Morgan fingerprint density at radius 1 is 1.47 bits per heavy atom. The molecule has 0 spiro atoms. The van der Waals surface area contributed by atoms with E-state index in [0.717, 1.165) is 4.90 Å². The van der Waals surface area contributed by atoms with Gasteiger partial charge in [-0.05, 0) is 12.8 Å². The molecule has 0 aromatic rings. The first-order valence-electron chi connectivity index (χ1n) is 6.43. The predicted molar refractivity (Wildman–Crippen MR) is 70.2 cm³/mol. The first-order chi connectivity index (χ1) is 8.82. The molecule has 108 valence electrons. The Bertz CT molecular complexity index is 383. The topological polar surface area (TPSA) is 105 Å². The number of imide groups is 1. The van der Waals surface area contributed by atoms with Gasteiger partial charge in [0.1, 0.15) is 5.54 Å². The van der Waals surface area contributed by atoms with Crippen LogP contribution in [0, 0.1) is 5.92 Å². The summed E-state index contributed by atoms with van der Waals surface area (Å²) in [7, 11) is 0. The molecule has 19 heavy (non-hydrogen) atoms. The standard InChI is InChI=1S/C12H22N4O3/c1-8(2)12(3)10(18)16(11(19)15-12)7-4-9(17)14-6-5-13/h8H,4-7,13H2,1-3H3,(H,14,17)(H,15,19). The fourth-order valence-electron chi connectivity index (χ4n) is 1.82. The van der Waals surface area contributed by atoms with Crippen molar-refractivity contribution in [2.24, 2.45) is 11.7 Å². The summed E-state index contributed by atoms with van der Waals surface area (Å²) in [6, 6.07) is -0.437. The van der Waals surface area contributed by atoms with E-state index in [1.165, 1.54) is 0 Å². The van der Waals surface area contributed by atoms with Crippen LogP contribution in [0.4, 0.5) is 4.79 Å². The van der Waals surface area contributed by atoms with Crippen molar-refractivity contribution in [3.63, 3.8) is 0 Å². The number of carbonyl (C=O) groups excluding carboxylic acids is 3. The molecule has 1 unspecified atom stereocenters. The van der Waals surface area contributed by atoms with Crippen LogP contribution in [0.15, 0.2) is 0 Å². The average molecular weight is 270 g/mol. The lowest BCUT2D eigenvalue weighted by Crippen LogP contribution is -2.48. The van der Waals surface area contributed by atoms with E-state index in [2.05, 4.69) is 10.6 Å². The van der Waals surface area contributed by atoms with Crippen LogP contribution in [0.1, 0.15) is 27.2 Å². The van der Waals surface area contributed by atoms with Gasteiger partial charge in [-0.15, -0.1) is 0 Å². The summed E-state index contributed by atoms with van der Waals surface area (Å²) in [6.45, 7) is 6.28. The third-order valence-corrected chi connectivity index (χ3v) is 3.48. The third-order valence-electron chi connectivity index (χ3n) is 3.48. The Kier molecular flexibility index (Phi) is 4.88. The Balaban J connectivity index is 2.58. The van der Waals surface area contributed by atoms with Gasteiger partial charge in [-0.25, -0.2) is 4.79 Å². The van der Waals surface area contributed by atoms with Crippen molar-refractivity contribution >= 4 is 17.8 Å². The molecule has 4 amide bonds. The highest BCUT2D eigenvalue weighted by Gasteiger charge is 2.49. The molecule has 4 N–H and O–H groups in total. The first kappa shape index (κ1) is 15.4. The molecule has 1 saturated heterocycles. The highest BCUT2D eigenvalue weighted by molar-refractivity contribution is 6.07. The zero-order valence-electron chi connectivity index (χ0n) is 11.7. The summed E-state index contributed by atoms with van der Waals surface area (Å²) in [4.78, 5) is 36.5. The SMILES string of the molecule is CC(C)C1(C)NC(=O)N(CCC(=O)NCCN)C1=O. The van der Waals surface area contributed by atoms with E-state index in [1.807, 2.05) is 13.8 Å². The summed E-state index contributed by atoms with van der Waals surface area (Å²) in [5, 5.41) is 5.28. The minimum absolute atomic E-state index is 0.0139. The van der Waals surface area contributed by atoms with Crippen molar-refractivity contribution in [3.8, 4) is 0 Å². The van der Waals surface area contributed by atoms with Crippen molar-refractivity contribution in [2.45, 2.75) is 32.7 Å². The van der Waals surface area contributed by atoms with Gasteiger partial charge in [0.2, 0.25) is 5.91 Å². The maximum Gasteiger partial charge on any atom is 0.325 e. The molecule has 0 bridgehead atoms. The Morgan fingerprint density at radius 2 is 2.11 bits per heavy atom. The molecule has 1 heterocycles. The summed E-state index contributed by atoms with van der Waals surface area (Å²) in [5.41, 5.74) is 4.38. The van der Waals surface area contributed by atoms with Gasteiger partial charge in [-0.3, -0.25) is 14.5 Å². The van der Waals surface area contributed by atoms with E-state index in [9.17, 15) is 14.4 Å². The zero-order valence-corrected chi connectivity index (χ0v) is 11.7. The van der Waals surface area contributed by atoms with Gasteiger partial charge < -0.3 is 16.4 Å². The number of nitrogens with two attached hydrogens (primary N) is 1. The van der Waals surface area contributed by atoms with Gasteiger partial charge in [0.25, 0.3) is 5.91 Å². The number of nitrogens with zero attached hydrogens (tertiary/aromatic N) is 1. The Hall–Kier alpha value is -1.63. The smallest absolute Gasteiger partial charge is 0.325 e. The Morgan fingerprint density at radius 3 is 2.58 bits per heavy atom. The second-order valence-corrected chi connectivity index (χ2v) is 5.13. The van der Waals surface area contributed by atoms with Crippen molar-refractivity contribution in [1.29, 1.82) is 0 Å². The number of hydrogen-bond donors (Lipinski definition) is 3. The molecule has 1 rings (SSSR count). The van der Waals surface area contributed by atoms with Crippen LogP contribution in [0.2, 0.25) is 0 Å². The molecule has 7 nitrogen and oxygen atoms in total. The van der Waals surface area contributed by atoms with Crippen LogP contribution < -0.4 is 16.4 Å². The van der Waals surface area contributed by atoms with Crippen molar-refractivity contribution < 1.29 is 14.4 Å². The predicted octanol–water partition coefficient (Wildman–Crippen LogP) is -0.582. The maximum absolute atomic E-state index is 12.2. The highest BCUT2D eigenvalue weighted by atomic mass is 16.2. The van der Waals surface area contributed by atoms with E-state index >= 15 is 0 Å². The average Bonchev–Trinajstić information content (AvgIpc) is 2.57. The lowest BCUT2D eigenvalue weighted by atomic mass is 9.88. The molecule has 7 heteroatoms. The van der Waals surface area contributed by atoms with Gasteiger partial charge >= 0.3 is 6.03 Å². The number of rotatable bonds is 6. The summed E-state index contributed by atoms with van der Waals surface area (Å²) >= 11 is 0. The van der Waals surface area contributed by atoms with Gasteiger partial charge in [-0.2, -0.15) is 0 Å². The third kappa shape index (κ3) is 3.23. The van der Waals surface area contributed by atoms with Crippen molar-refractivity contribution in [2.75, 3.05) is 19.6 Å². The van der Waals surface area contributed by atoms with E-state index < -0.39 is 11.6 Å². The molecule has 1 aliphatic heterocycles. The molecular formula is C12H22N4O3. The number of hydrogen-bond acceptors (Lipinski definition) is 4. The van der Waals surface area contributed by atoms with Gasteiger partial charge in [0.15, 0.2) is 0 Å². The normalized spacial score (nSPS) is 22.9. The van der Waals surface area contributed by atoms with Crippen LogP contribution in [0.25, 0.3) is 0 Å². The molecule has 1 fully saturated rings. The van der Waals surface area contributed by atoms with E-state index in [1.54, 1.807) is 6.92 Å². The van der Waals surface area contributed by atoms with Gasteiger partial charge in [-0.1, -0.05) is 13.8 Å². The molecule has 0 aliphatic carbocycles. The molecule has 0 radical (unpaired) electrons. The van der Waals surface area contributed by atoms with Crippen LogP contribution in [-0.2, 0) is 9.59 Å². The zero-order chi connectivity index (χ0) is 14.6. The number of nitrogens with one attached hydrogen (secondary N) is 2. The molecule has 1 atom stereocenters. The number of amides is 4. The van der Waals surface area contributed by atoms with E-state index in [0.29, 0.717) is 13.1 Å². The van der Waals surface area contributed by atoms with E-state index in [-0.39, 0.29) is 30.7 Å². The highest BCUT2D eigenvalue weighted by Crippen LogP contribution is 2.25. The van der Waals surface area contributed by atoms with Gasteiger partial charge in [0, 0.05) is 26.1 Å². The molecule has 1 aliphatic rings. The maximum atomic E-state index is 12.2. The van der Waals surface area contributed by atoms with Crippen molar-refractivity contribution in [3.05, 3.63) is 0 Å². The minimum Gasteiger partial charge on any atom is -0.355 e. The molecule has 0 aromatic heterocycles. The van der Waals surface area contributed by atoms with E-state index in [4.69, 9.17) is 5.73 Å². The fraction of sp³-hybridized carbons (Fsp3) is 0.750. The second kappa shape index (κ2) is 6.01. The van der Waals surface area contributed by atoms with Crippen LogP contribution in [-0.4, -0.2) is 47.9 Å². The summed E-state index contributed by atoms with van der Waals surface area (Å²) in [5.74, 6) is -0.511. The molecular weight excluding hydrogens is 248 g/mol. The molecule has 0 saturated carbocycles. The van der Waals surface area contributed by atoms with Gasteiger partial charge in [0.05, 0.1) is 0 Å². The minimum atomic E-state index is -0.884. The summed E-state index contributed by atoms with van der Waals surface area (Å²) in [6.07, 6.45) is 0.0906. The second-order valence-electron chi connectivity index (χ2n) is 5.13. The lowest BCUT2D eigenvalue weighted by molar-refractivity contribution is -0.132. The number of urea groups is 1. The van der Waals surface area contributed by atoms with Crippen LogP contribution >= 0.6 is 0 Å². The monoisotopic (exact) mass is 270 g/mol. The Labute approximate surface area is 112 Å². The lowest BCUT2D eigenvalue weighted by Gasteiger charge is -2.25. The summed E-state index contributed by atoms with van der Waals surface area (Å²) < 4.78 is 0. The fourth-order valence-corrected chi connectivity index (χ4v) is 1.82. The quantitative estimate of drug-likeness (QED) is 0.561. The van der Waals surface area contributed by atoms with Crippen LogP contribution in [0.3, 0.4) is 0 Å². The first-order valence-corrected chi connectivity index (χ1v) is 6.43. The number of carbonyl (C=O) groups is 3.